The second kappa shape index (κ2) is 8.37. The molecule has 2 N–H and O–H groups in total. The number of nitrogens with zero attached hydrogens (tertiary/aromatic N) is 1. The summed E-state index contributed by atoms with van der Waals surface area (Å²) >= 11 is 1.65. The van der Waals surface area contributed by atoms with Gasteiger partial charge in [0.15, 0.2) is 0 Å². The molecular formula is C11H25N3O2S2. The number of hydrogen-bond acceptors (Lipinski definition) is 4. The van der Waals surface area contributed by atoms with E-state index in [9.17, 15) is 8.42 Å². The van der Waals surface area contributed by atoms with Crippen LogP contribution in [0.1, 0.15) is 19.8 Å². The van der Waals surface area contributed by atoms with E-state index in [0.717, 1.165) is 31.7 Å². The van der Waals surface area contributed by atoms with Gasteiger partial charge in [0.05, 0.1) is 0 Å². The van der Waals surface area contributed by atoms with Crippen molar-refractivity contribution in [3.8, 4) is 0 Å². The van der Waals surface area contributed by atoms with E-state index in [2.05, 4.69) is 17.0 Å². The molecule has 1 aliphatic rings. The third-order valence-corrected chi connectivity index (χ3v) is 5.29. The van der Waals surface area contributed by atoms with E-state index in [1.54, 1.807) is 16.1 Å². The van der Waals surface area contributed by atoms with Crippen molar-refractivity contribution >= 4 is 22.0 Å². The molecule has 0 bridgehead atoms. The topological polar surface area (TPSA) is 61.4 Å². The Kier molecular flexibility index (Phi) is 7.55. The van der Waals surface area contributed by atoms with Gasteiger partial charge < -0.3 is 5.32 Å². The van der Waals surface area contributed by atoms with E-state index in [-0.39, 0.29) is 0 Å². The lowest BCUT2D eigenvalue weighted by Gasteiger charge is -2.32. The SMILES string of the molecule is CCNCC1CCCN(S(=O)(=O)NCCSC)C1. The normalized spacial score (nSPS) is 22.2. The van der Waals surface area contributed by atoms with Crippen molar-refractivity contribution in [2.45, 2.75) is 19.8 Å². The van der Waals surface area contributed by atoms with Crippen LogP contribution in [0.5, 0.6) is 0 Å². The van der Waals surface area contributed by atoms with E-state index in [4.69, 9.17) is 0 Å². The number of rotatable bonds is 8. The van der Waals surface area contributed by atoms with Crippen molar-refractivity contribution in [1.29, 1.82) is 0 Å². The zero-order valence-corrected chi connectivity index (χ0v) is 12.9. The van der Waals surface area contributed by atoms with Crippen molar-refractivity contribution in [3.63, 3.8) is 0 Å². The van der Waals surface area contributed by atoms with Gasteiger partial charge in [0.1, 0.15) is 0 Å². The molecule has 0 aromatic rings. The second-order valence-electron chi connectivity index (χ2n) is 4.57. The minimum absolute atomic E-state index is 0.441. The van der Waals surface area contributed by atoms with Crippen LogP contribution in [-0.4, -0.2) is 57.5 Å². The van der Waals surface area contributed by atoms with E-state index in [1.165, 1.54) is 0 Å². The Bertz CT molecular complexity index is 322. The Morgan fingerprint density at radius 2 is 2.22 bits per heavy atom. The van der Waals surface area contributed by atoms with Gasteiger partial charge in [-0.25, -0.2) is 4.72 Å². The highest BCUT2D eigenvalue weighted by atomic mass is 32.2. The zero-order chi connectivity index (χ0) is 13.4. The van der Waals surface area contributed by atoms with Crippen LogP contribution in [0.25, 0.3) is 0 Å². The Labute approximate surface area is 115 Å². The molecule has 1 saturated heterocycles. The quantitative estimate of drug-likeness (QED) is 0.640. The van der Waals surface area contributed by atoms with Gasteiger partial charge in [-0.15, -0.1) is 0 Å². The second-order valence-corrected chi connectivity index (χ2v) is 7.31. The maximum absolute atomic E-state index is 12.1. The maximum Gasteiger partial charge on any atom is 0.279 e. The standard InChI is InChI=1S/C11H25N3O2S2/c1-3-12-9-11-5-4-7-14(10-11)18(15,16)13-6-8-17-2/h11-13H,3-10H2,1-2H3. The number of nitrogens with one attached hydrogen (secondary N) is 2. The van der Waals surface area contributed by atoms with E-state index in [1.807, 2.05) is 6.26 Å². The fourth-order valence-corrected chi connectivity index (χ4v) is 3.88. The molecule has 1 heterocycles. The predicted octanol–water partition coefficient (Wildman–Crippen LogP) is 0.505. The largest absolute Gasteiger partial charge is 0.317 e. The van der Waals surface area contributed by atoms with E-state index >= 15 is 0 Å². The zero-order valence-electron chi connectivity index (χ0n) is 11.3. The lowest BCUT2D eigenvalue weighted by atomic mass is 10.00. The molecule has 0 aliphatic carbocycles. The molecule has 1 rings (SSSR count). The summed E-state index contributed by atoms with van der Waals surface area (Å²) in [5, 5.41) is 3.30. The Balaban J connectivity index is 2.43. The van der Waals surface area contributed by atoms with Gasteiger partial charge in [-0.3, -0.25) is 0 Å². The summed E-state index contributed by atoms with van der Waals surface area (Å²) in [6.07, 6.45) is 4.05. The predicted molar refractivity (Wildman–Crippen MR) is 78.1 cm³/mol. The lowest BCUT2D eigenvalue weighted by Crippen LogP contribution is -2.48. The molecule has 0 aromatic carbocycles. The first-order valence-corrected chi connectivity index (χ1v) is 9.38. The highest BCUT2D eigenvalue weighted by Gasteiger charge is 2.28. The van der Waals surface area contributed by atoms with Gasteiger partial charge in [-0.1, -0.05) is 6.92 Å². The molecule has 0 amide bonds. The van der Waals surface area contributed by atoms with Crippen LogP contribution in [-0.2, 0) is 10.2 Å². The summed E-state index contributed by atoms with van der Waals surface area (Å²) in [5.41, 5.74) is 0. The Morgan fingerprint density at radius 3 is 2.89 bits per heavy atom. The summed E-state index contributed by atoms with van der Waals surface area (Å²) in [6, 6.07) is 0. The van der Waals surface area contributed by atoms with Gasteiger partial charge in [0, 0.05) is 25.4 Å². The molecule has 1 aliphatic heterocycles. The molecule has 0 radical (unpaired) electrons. The van der Waals surface area contributed by atoms with Gasteiger partial charge in [0.2, 0.25) is 0 Å². The summed E-state index contributed by atoms with van der Waals surface area (Å²) in [4.78, 5) is 0. The highest BCUT2D eigenvalue weighted by molar-refractivity contribution is 7.98. The molecule has 5 nitrogen and oxygen atoms in total. The average molecular weight is 295 g/mol. The summed E-state index contributed by atoms with van der Waals surface area (Å²) < 4.78 is 28.4. The maximum atomic E-state index is 12.1. The molecule has 0 aromatic heterocycles. The summed E-state index contributed by atoms with van der Waals surface area (Å²) in [5.74, 6) is 1.25. The monoisotopic (exact) mass is 295 g/mol. The molecule has 0 saturated carbocycles. The van der Waals surface area contributed by atoms with Crippen molar-refractivity contribution in [3.05, 3.63) is 0 Å². The van der Waals surface area contributed by atoms with Crippen LogP contribution in [0.4, 0.5) is 0 Å². The first-order chi connectivity index (χ1) is 8.60. The van der Waals surface area contributed by atoms with Crippen molar-refractivity contribution in [1.82, 2.24) is 14.3 Å². The molecule has 7 heteroatoms. The van der Waals surface area contributed by atoms with Crippen LogP contribution in [0.2, 0.25) is 0 Å². The molecule has 0 spiro atoms. The van der Waals surface area contributed by atoms with Crippen molar-refractivity contribution < 1.29 is 8.42 Å². The van der Waals surface area contributed by atoms with Crippen molar-refractivity contribution in [2.24, 2.45) is 5.92 Å². The number of hydrogen-bond donors (Lipinski definition) is 2. The van der Waals surface area contributed by atoms with E-state index in [0.29, 0.717) is 25.6 Å². The van der Waals surface area contributed by atoms with E-state index < -0.39 is 10.2 Å². The highest BCUT2D eigenvalue weighted by Crippen LogP contribution is 2.17. The van der Waals surface area contributed by atoms with Gasteiger partial charge in [0.25, 0.3) is 10.2 Å². The Morgan fingerprint density at radius 1 is 1.44 bits per heavy atom. The first-order valence-electron chi connectivity index (χ1n) is 6.54. The minimum atomic E-state index is -3.27. The molecular weight excluding hydrogens is 270 g/mol. The fourth-order valence-electron chi connectivity index (χ4n) is 2.12. The fraction of sp³-hybridized carbons (Fsp3) is 1.00. The van der Waals surface area contributed by atoms with Gasteiger partial charge >= 0.3 is 0 Å². The van der Waals surface area contributed by atoms with Crippen LogP contribution in [0.15, 0.2) is 0 Å². The molecule has 1 atom stereocenters. The molecule has 1 fully saturated rings. The summed E-state index contributed by atoms with van der Waals surface area (Å²) in [7, 11) is -3.27. The molecule has 108 valence electrons. The number of thioether (sulfide) groups is 1. The molecule has 1 unspecified atom stereocenters. The van der Waals surface area contributed by atoms with Crippen LogP contribution >= 0.6 is 11.8 Å². The smallest absolute Gasteiger partial charge is 0.279 e. The van der Waals surface area contributed by atoms with Crippen LogP contribution in [0.3, 0.4) is 0 Å². The van der Waals surface area contributed by atoms with Crippen LogP contribution in [0, 0.1) is 5.92 Å². The average Bonchev–Trinajstić information content (AvgIpc) is 2.37. The third-order valence-electron chi connectivity index (χ3n) is 3.10. The first kappa shape index (κ1) is 16.2. The molecule has 18 heavy (non-hydrogen) atoms. The minimum Gasteiger partial charge on any atom is -0.317 e. The lowest BCUT2D eigenvalue weighted by molar-refractivity contribution is 0.259. The van der Waals surface area contributed by atoms with Gasteiger partial charge in [-0.05, 0) is 38.1 Å². The number of piperidine rings is 1. The van der Waals surface area contributed by atoms with Crippen LogP contribution < -0.4 is 10.0 Å². The Hall–Kier alpha value is 0.180. The summed E-state index contributed by atoms with van der Waals surface area (Å²) in [6.45, 7) is 5.72. The third kappa shape index (κ3) is 5.44. The van der Waals surface area contributed by atoms with Gasteiger partial charge in [-0.2, -0.15) is 24.5 Å². The van der Waals surface area contributed by atoms with Crippen molar-refractivity contribution in [2.75, 3.05) is 44.7 Å².